The molecule has 0 bridgehead atoms. The quantitative estimate of drug-likeness (QED) is 0.250. The second kappa shape index (κ2) is 14.0. The predicted octanol–water partition coefficient (Wildman–Crippen LogP) is 5.68. The number of hydrogen-bond donors (Lipinski definition) is 1. The SMILES string of the molecule is COc1ccc(CN(C(=O)COc2ccccc2)C(Cc2ccccc2)C(=O)NCc2ccc(Cl)cc2)cc1. The number of nitrogens with zero attached hydrogens (tertiary/aromatic N) is 1. The molecule has 0 saturated heterocycles. The smallest absolute Gasteiger partial charge is 0.261 e. The fraction of sp³-hybridized carbons (Fsp3) is 0.188. The van der Waals surface area contributed by atoms with E-state index in [2.05, 4.69) is 5.32 Å². The summed E-state index contributed by atoms with van der Waals surface area (Å²) in [6.45, 7) is 0.342. The van der Waals surface area contributed by atoms with Gasteiger partial charge in [0.25, 0.3) is 5.91 Å². The Morgan fingerprint density at radius 3 is 2.03 bits per heavy atom. The summed E-state index contributed by atoms with van der Waals surface area (Å²) in [6, 6.07) is 32.8. The van der Waals surface area contributed by atoms with Gasteiger partial charge in [-0.2, -0.15) is 0 Å². The molecule has 7 heteroatoms. The van der Waals surface area contributed by atoms with Crippen molar-refractivity contribution in [1.82, 2.24) is 10.2 Å². The number of benzene rings is 4. The number of halogens is 1. The van der Waals surface area contributed by atoms with Crippen molar-refractivity contribution >= 4 is 23.4 Å². The zero-order chi connectivity index (χ0) is 27.5. The molecule has 4 aromatic carbocycles. The second-order valence-corrected chi connectivity index (χ2v) is 9.46. The third-order valence-electron chi connectivity index (χ3n) is 6.27. The highest BCUT2D eigenvalue weighted by molar-refractivity contribution is 6.30. The largest absolute Gasteiger partial charge is 0.497 e. The van der Waals surface area contributed by atoms with Crippen molar-refractivity contribution in [1.29, 1.82) is 0 Å². The van der Waals surface area contributed by atoms with Crippen molar-refractivity contribution in [2.24, 2.45) is 0 Å². The number of ether oxygens (including phenoxy) is 2. The molecule has 0 aromatic heterocycles. The summed E-state index contributed by atoms with van der Waals surface area (Å²) in [4.78, 5) is 29.0. The first-order chi connectivity index (χ1) is 19.0. The van der Waals surface area contributed by atoms with Crippen molar-refractivity contribution in [3.8, 4) is 11.5 Å². The Morgan fingerprint density at radius 1 is 0.769 bits per heavy atom. The lowest BCUT2D eigenvalue weighted by Crippen LogP contribution is -2.51. The number of hydrogen-bond acceptors (Lipinski definition) is 4. The van der Waals surface area contributed by atoms with Gasteiger partial charge in [-0.1, -0.05) is 84.4 Å². The third-order valence-corrected chi connectivity index (χ3v) is 6.52. The number of amides is 2. The Kier molecular flexibility index (Phi) is 9.98. The van der Waals surface area contributed by atoms with Crippen LogP contribution in [0, 0.1) is 0 Å². The van der Waals surface area contributed by atoms with Crippen molar-refractivity contribution in [2.75, 3.05) is 13.7 Å². The highest BCUT2D eigenvalue weighted by atomic mass is 35.5. The molecule has 4 aromatic rings. The Balaban J connectivity index is 1.60. The molecule has 1 atom stereocenters. The van der Waals surface area contributed by atoms with Crippen LogP contribution in [-0.2, 0) is 29.1 Å². The van der Waals surface area contributed by atoms with E-state index in [0.717, 1.165) is 16.7 Å². The molecular weight excluding hydrogens is 512 g/mol. The number of rotatable bonds is 12. The van der Waals surface area contributed by atoms with Gasteiger partial charge in [-0.3, -0.25) is 9.59 Å². The molecule has 0 saturated carbocycles. The number of para-hydroxylation sites is 1. The van der Waals surface area contributed by atoms with Crippen LogP contribution in [0.3, 0.4) is 0 Å². The summed E-state index contributed by atoms with van der Waals surface area (Å²) in [5.41, 5.74) is 2.72. The lowest BCUT2D eigenvalue weighted by atomic mass is 10.0. The maximum absolute atomic E-state index is 13.7. The zero-order valence-electron chi connectivity index (χ0n) is 21.8. The molecule has 0 heterocycles. The van der Waals surface area contributed by atoms with Crippen LogP contribution in [0.2, 0.25) is 5.02 Å². The van der Waals surface area contributed by atoms with E-state index in [1.807, 2.05) is 84.9 Å². The summed E-state index contributed by atoms with van der Waals surface area (Å²) >= 11 is 6.01. The minimum Gasteiger partial charge on any atom is -0.497 e. The summed E-state index contributed by atoms with van der Waals surface area (Å²) < 4.78 is 11.1. The van der Waals surface area contributed by atoms with E-state index in [9.17, 15) is 9.59 Å². The standard InChI is InChI=1S/C32H31ClN2O4/c1-38-28-18-14-26(15-19-28)22-35(31(36)23-39-29-10-6-3-7-11-29)30(20-24-8-4-2-5-9-24)32(37)34-21-25-12-16-27(33)17-13-25/h2-19,30H,20-23H2,1H3,(H,34,37). The van der Waals surface area contributed by atoms with Gasteiger partial charge in [-0.05, 0) is 53.1 Å². The van der Waals surface area contributed by atoms with Gasteiger partial charge in [0.2, 0.25) is 5.91 Å². The van der Waals surface area contributed by atoms with Crippen LogP contribution < -0.4 is 14.8 Å². The molecule has 0 aliphatic rings. The molecule has 0 spiro atoms. The number of carbonyl (C=O) groups excluding carboxylic acids is 2. The van der Waals surface area contributed by atoms with Gasteiger partial charge in [-0.15, -0.1) is 0 Å². The van der Waals surface area contributed by atoms with Crippen LogP contribution in [0.25, 0.3) is 0 Å². The van der Waals surface area contributed by atoms with Crippen molar-refractivity contribution in [2.45, 2.75) is 25.6 Å². The molecule has 0 fully saturated rings. The molecule has 1 unspecified atom stereocenters. The first-order valence-corrected chi connectivity index (χ1v) is 13.1. The third kappa shape index (κ3) is 8.35. The van der Waals surface area contributed by atoms with E-state index in [0.29, 0.717) is 29.5 Å². The van der Waals surface area contributed by atoms with Crippen LogP contribution in [0.15, 0.2) is 109 Å². The van der Waals surface area contributed by atoms with Crippen LogP contribution in [0.1, 0.15) is 16.7 Å². The van der Waals surface area contributed by atoms with E-state index in [1.165, 1.54) is 0 Å². The molecular formula is C32H31ClN2O4. The van der Waals surface area contributed by atoms with Gasteiger partial charge in [0.1, 0.15) is 17.5 Å². The first-order valence-electron chi connectivity index (χ1n) is 12.7. The van der Waals surface area contributed by atoms with Gasteiger partial charge in [-0.25, -0.2) is 0 Å². The Bertz CT molecular complexity index is 1330. The summed E-state index contributed by atoms with van der Waals surface area (Å²) in [5, 5.41) is 3.64. The average molecular weight is 543 g/mol. The van der Waals surface area contributed by atoms with Crippen molar-refractivity contribution in [3.05, 3.63) is 131 Å². The van der Waals surface area contributed by atoms with E-state index < -0.39 is 6.04 Å². The average Bonchev–Trinajstić information content (AvgIpc) is 2.98. The monoisotopic (exact) mass is 542 g/mol. The van der Waals surface area contributed by atoms with Gasteiger partial charge in [0.15, 0.2) is 6.61 Å². The fourth-order valence-corrected chi connectivity index (χ4v) is 4.26. The molecule has 0 aliphatic carbocycles. The number of carbonyl (C=O) groups is 2. The minimum absolute atomic E-state index is 0.198. The van der Waals surface area contributed by atoms with Gasteiger partial charge in [0.05, 0.1) is 7.11 Å². The number of nitrogens with one attached hydrogen (secondary N) is 1. The van der Waals surface area contributed by atoms with Gasteiger partial charge >= 0.3 is 0 Å². The van der Waals surface area contributed by atoms with Crippen molar-refractivity contribution < 1.29 is 19.1 Å². The Morgan fingerprint density at radius 2 is 1.38 bits per heavy atom. The van der Waals surface area contributed by atoms with Crippen LogP contribution in [-0.4, -0.2) is 36.5 Å². The maximum Gasteiger partial charge on any atom is 0.261 e. The number of methoxy groups -OCH3 is 1. The van der Waals surface area contributed by atoms with Crippen LogP contribution in [0.4, 0.5) is 0 Å². The molecule has 1 N–H and O–H groups in total. The summed E-state index contributed by atoms with van der Waals surface area (Å²) in [5.74, 6) is 0.750. The predicted molar refractivity (Wildman–Crippen MR) is 153 cm³/mol. The second-order valence-electron chi connectivity index (χ2n) is 9.02. The minimum atomic E-state index is -0.770. The fourth-order valence-electron chi connectivity index (χ4n) is 4.14. The lowest BCUT2D eigenvalue weighted by Gasteiger charge is -2.31. The van der Waals surface area contributed by atoms with Gasteiger partial charge in [0, 0.05) is 24.5 Å². The molecule has 0 radical (unpaired) electrons. The normalized spacial score (nSPS) is 11.3. The summed E-state index contributed by atoms with van der Waals surface area (Å²) in [6.07, 6.45) is 0.348. The first kappa shape index (κ1) is 27.7. The van der Waals surface area contributed by atoms with E-state index in [4.69, 9.17) is 21.1 Å². The van der Waals surface area contributed by atoms with E-state index in [1.54, 1.807) is 36.3 Å². The van der Waals surface area contributed by atoms with Crippen LogP contribution >= 0.6 is 11.6 Å². The highest BCUT2D eigenvalue weighted by Crippen LogP contribution is 2.19. The van der Waals surface area contributed by atoms with E-state index in [-0.39, 0.29) is 25.0 Å². The van der Waals surface area contributed by atoms with E-state index >= 15 is 0 Å². The molecule has 2 amide bonds. The molecule has 39 heavy (non-hydrogen) atoms. The zero-order valence-corrected chi connectivity index (χ0v) is 22.5. The molecule has 200 valence electrons. The molecule has 0 aliphatic heterocycles. The van der Waals surface area contributed by atoms with Gasteiger partial charge < -0.3 is 19.7 Å². The topological polar surface area (TPSA) is 67.9 Å². The Labute approximate surface area is 234 Å². The molecule has 6 nitrogen and oxygen atoms in total. The highest BCUT2D eigenvalue weighted by Gasteiger charge is 2.30. The van der Waals surface area contributed by atoms with Crippen LogP contribution in [0.5, 0.6) is 11.5 Å². The molecule has 4 rings (SSSR count). The summed E-state index contributed by atoms with van der Waals surface area (Å²) in [7, 11) is 1.60. The lowest BCUT2D eigenvalue weighted by molar-refractivity contribution is -0.142. The van der Waals surface area contributed by atoms with Crippen molar-refractivity contribution in [3.63, 3.8) is 0 Å². The maximum atomic E-state index is 13.7. The Hall–Kier alpha value is -4.29.